The van der Waals surface area contributed by atoms with Crippen LogP contribution in [-0.2, 0) is 13.5 Å². The number of aromatic nitrogens is 2. The second kappa shape index (κ2) is 5.73. The molecule has 90 valence electrons. The molecule has 1 aliphatic rings. The van der Waals surface area contributed by atoms with Gasteiger partial charge in [-0.1, -0.05) is 0 Å². The molecule has 3 nitrogen and oxygen atoms in total. The number of hydrogen-bond donors (Lipinski definition) is 1. The summed E-state index contributed by atoms with van der Waals surface area (Å²) in [6, 6.07) is 0.541. The van der Waals surface area contributed by atoms with E-state index in [1.165, 1.54) is 42.7 Å². The van der Waals surface area contributed by atoms with Crippen LogP contribution in [0.2, 0.25) is 0 Å². The smallest absolute Gasteiger partial charge is 0.0540 e. The predicted molar refractivity (Wildman–Crippen MR) is 69.9 cm³/mol. The number of hydrogen-bond acceptors (Lipinski definition) is 3. The molecule has 2 rings (SSSR count). The molecule has 16 heavy (non-hydrogen) atoms. The molecular formula is C12H21N3S. The average Bonchev–Trinajstić information content (AvgIpc) is 2.68. The zero-order valence-electron chi connectivity index (χ0n) is 10.2. The van der Waals surface area contributed by atoms with Crippen molar-refractivity contribution in [2.24, 2.45) is 7.05 Å². The van der Waals surface area contributed by atoms with E-state index in [-0.39, 0.29) is 0 Å². The number of rotatable bonds is 5. The Labute approximate surface area is 102 Å². The van der Waals surface area contributed by atoms with E-state index in [0.717, 1.165) is 6.54 Å². The lowest BCUT2D eigenvalue weighted by molar-refractivity contribution is 0.454. The molecule has 1 atom stereocenters. The standard InChI is InChI=1S/C12H21N3S/c1-15-12-6-3-5-11(10(12)9-14-15)13-7-4-8-16-2/h9,11,13H,3-8H2,1-2H3. The fourth-order valence-electron chi connectivity index (χ4n) is 2.41. The Morgan fingerprint density at radius 2 is 2.50 bits per heavy atom. The van der Waals surface area contributed by atoms with Gasteiger partial charge in [-0.15, -0.1) is 0 Å². The number of nitrogens with one attached hydrogen (secondary N) is 1. The summed E-state index contributed by atoms with van der Waals surface area (Å²) in [7, 11) is 2.05. The van der Waals surface area contributed by atoms with Gasteiger partial charge in [0.1, 0.15) is 0 Å². The van der Waals surface area contributed by atoms with E-state index >= 15 is 0 Å². The molecule has 0 radical (unpaired) electrons. The van der Waals surface area contributed by atoms with Gasteiger partial charge in [-0.2, -0.15) is 16.9 Å². The Morgan fingerprint density at radius 1 is 1.62 bits per heavy atom. The zero-order chi connectivity index (χ0) is 11.4. The van der Waals surface area contributed by atoms with Gasteiger partial charge in [-0.05, 0) is 44.2 Å². The molecule has 1 N–H and O–H groups in total. The third-order valence-electron chi connectivity index (χ3n) is 3.29. The summed E-state index contributed by atoms with van der Waals surface area (Å²) in [6.45, 7) is 1.12. The monoisotopic (exact) mass is 239 g/mol. The summed E-state index contributed by atoms with van der Waals surface area (Å²) < 4.78 is 2.03. The van der Waals surface area contributed by atoms with E-state index in [4.69, 9.17) is 0 Å². The van der Waals surface area contributed by atoms with Gasteiger partial charge in [0.15, 0.2) is 0 Å². The van der Waals surface area contributed by atoms with Crippen molar-refractivity contribution in [3.63, 3.8) is 0 Å². The van der Waals surface area contributed by atoms with Crippen LogP contribution in [0.25, 0.3) is 0 Å². The molecule has 1 aromatic rings. The van der Waals surface area contributed by atoms with Gasteiger partial charge >= 0.3 is 0 Å². The van der Waals surface area contributed by atoms with E-state index in [2.05, 4.69) is 23.7 Å². The lowest BCUT2D eigenvalue weighted by atomic mass is 9.93. The Bertz CT molecular complexity index is 335. The van der Waals surface area contributed by atoms with E-state index in [0.29, 0.717) is 6.04 Å². The third kappa shape index (κ3) is 2.61. The Morgan fingerprint density at radius 3 is 3.31 bits per heavy atom. The largest absolute Gasteiger partial charge is 0.310 e. The zero-order valence-corrected chi connectivity index (χ0v) is 11.0. The van der Waals surface area contributed by atoms with E-state index in [9.17, 15) is 0 Å². The second-order valence-electron chi connectivity index (χ2n) is 4.42. The van der Waals surface area contributed by atoms with Crippen molar-refractivity contribution < 1.29 is 0 Å². The van der Waals surface area contributed by atoms with Crippen LogP contribution >= 0.6 is 11.8 Å². The van der Waals surface area contributed by atoms with Crippen LogP contribution in [0.1, 0.15) is 36.6 Å². The lowest BCUT2D eigenvalue weighted by Gasteiger charge is -2.23. The van der Waals surface area contributed by atoms with E-state index in [1.807, 2.05) is 22.6 Å². The van der Waals surface area contributed by atoms with Crippen molar-refractivity contribution in [3.05, 3.63) is 17.5 Å². The maximum Gasteiger partial charge on any atom is 0.0540 e. The van der Waals surface area contributed by atoms with Gasteiger partial charge in [0.2, 0.25) is 0 Å². The molecule has 0 saturated carbocycles. The number of aryl methyl sites for hydroxylation is 1. The highest BCUT2D eigenvalue weighted by Crippen LogP contribution is 2.28. The van der Waals surface area contributed by atoms with Gasteiger partial charge in [0.05, 0.1) is 6.20 Å². The van der Waals surface area contributed by atoms with Crippen LogP contribution in [-0.4, -0.2) is 28.3 Å². The normalized spacial score (nSPS) is 19.8. The minimum atomic E-state index is 0.541. The molecule has 0 aromatic carbocycles. The molecule has 4 heteroatoms. The molecular weight excluding hydrogens is 218 g/mol. The second-order valence-corrected chi connectivity index (χ2v) is 5.40. The van der Waals surface area contributed by atoms with E-state index in [1.54, 1.807) is 0 Å². The highest BCUT2D eigenvalue weighted by Gasteiger charge is 2.22. The predicted octanol–water partition coefficient (Wildman–Crippen LogP) is 2.14. The minimum absolute atomic E-state index is 0.541. The quantitative estimate of drug-likeness (QED) is 0.798. The van der Waals surface area contributed by atoms with Crippen molar-refractivity contribution in [1.29, 1.82) is 0 Å². The lowest BCUT2D eigenvalue weighted by Crippen LogP contribution is -2.26. The first-order chi connectivity index (χ1) is 7.83. The molecule has 0 saturated heterocycles. The summed E-state index contributed by atoms with van der Waals surface area (Å²) in [6.07, 6.45) is 9.20. The fraction of sp³-hybridized carbons (Fsp3) is 0.750. The Balaban J connectivity index is 1.91. The van der Waals surface area contributed by atoms with Crippen LogP contribution in [0.15, 0.2) is 6.20 Å². The number of nitrogens with zero attached hydrogens (tertiary/aromatic N) is 2. The number of thioether (sulfide) groups is 1. The van der Waals surface area contributed by atoms with Crippen molar-refractivity contribution in [2.75, 3.05) is 18.6 Å². The van der Waals surface area contributed by atoms with Crippen molar-refractivity contribution in [1.82, 2.24) is 15.1 Å². The Kier molecular flexibility index (Phi) is 4.29. The first kappa shape index (κ1) is 12.0. The van der Waals surface area contributed by atoms with Crippen LogP contribution in [0.3, 0.4) is 0 Å². The van der Waals surface area contributed by atoms with Gasteiger partial charge in [0.25, 0.3) is 0 Å². The van der Waals surface area contributed by atoms with Crippen LogP contribution < -0.4 is 5.32 Å². The van der Waals surface area contributed by atoms with Gasteiger partial charge in [-0.25, -0.2) is 0 Å². The maximum atomic E-state index is 4.37. The highest BCUT2D eigenvalue weighted by molar-refractivity contribution is 7.98. The van der Waals surface area contributed by atoms with Gasteiger partial charge in [-0.3, -0.25) is 4.68 Å². The van der Waals surface area contributed by atoms with Crippen LogP contribution in [0.5, 0.6) is 0 Å². The molecule has 1 aliphatic carbocycles. The topological polar surface area (TPSA) is 29.9 Å². The van der Waals surface area contributed by atoms with Gasteiger partial charge in [0, 0.05) is 24.3 Å². The van der Waals surface area contributed by atoms with Crippen LogP contribution in [0.4, 0.5) is 0 Å². The SMILES string of the molecule is CSCCCNC1CCCc2c1cnn2C. The van der Waals surface area contributed by atoms with Crippen molar-refractivity contribution in [3.8, 4) is 0 Å². The van der Waals surface area contributed by atoms with Crippen molar-refractivity contribution >= 4 is 11.8 Å². The minimum Gasteiger partial charge on any atom is -0.310 e. The van der Waals surface area contributed by atoms with Crippen LogP contribution in [0, 0.1) is 0 Å². The molecule has 0 aliphatic heterocycles. The first-order valence-electron chi connectivity index (χ1n) is 6.06. The molecule has 1 heterocycles. The van der Waals surface area contributed by atoms with Gasteiger partial charge < -0.3 is 5.32 Å². The summed E-state index contributed by atoms with van der Waals surface area (Å²) in [4.78, 5) is 0. The molecule has 1 unspecified atom stereocenters. The Hall–Kier alpha value is -0.480. The molecule has 0 fully saturated rings. The number of fused-ring (bicyclic) bond motifs is 1. The molecule has 0 amide bonds. The summed E-state index contributed by atoms with van der Waals surface area (Å²) in [5, 5.41) is 8.02. The molecule has 1 aromatic heterocycles. The third-order valence-corrected chi connectivity index (χ3v) is 3.99. The molecule has 0 bridgehead atoms. The fourth-order valence-corrected chi connectivity index (χ4v) is 2.84. The molecule has 0 spiro atoms. The summed E-state index contributed by atoms with van der Waals surface area (Å²) in [5.74, 6) is 1.25. The highest BCUT2D eigenvalue weighted by atomic mass is 32.2. The summed E-state index contributed by atoms with van der Waals surface area (Å²) in [5.41, 5.74) is 2.85. The average molecular weight is 239 g/mol. The first-order valence-corrected chi connectivity index (χ1v) is 7.45. The van der Waals surface area contributed by atoms with Crippen molar-refractivity contribution in [2.45, 2.75) is 31.7 Å². The summed E-state index contributed by atoms with van der Waals surface area (Å²) >= 11 is 1.92. The van der Waals surface area contributed by atoms with E-state index < -0.39 is 0 Å². The maximum absolute atomic E-state index is 4.37.